The van der Waals surface area contributed by atoms with E-state index in [1.165, 1.54) is 13.0 Å². The van der Waals surface area contributed by atoms with Gasteiger partial charge in [-0.05, 0) is 43.0 Å². The zero-order valence-corrected chi connectivity index (χ0v) is 18.1. The molecule has 0 fully saturated rings. The molecule has 6 nitrogen and oxygen atoms in total. The van der Waals surface area contributed by atoms with Gasteiger partial charge in [0, 0.05) is 40.1 Å². The second kappa shape index (κ2) is 8.93. The first-order valence-corrected chi connectivity index (χ1v) is 10.6. The molecule has 1 heterocycles. The van der Waals surface area contributed by atoms with Crippen LogP contribution in [0.3, 0.4) is 0 Å². The number of imide groups is 1. The molecule has 3 aromatic rings. The number of ketones is 1. The highest BCUT2D eigenvalue weighted by Gasteiger charge is 2.32. The molecule has 0 radical (unpaired) electrons. The van der Waals surface area contributed by atoms with E-state index >= 15 is 0 Å². The van der Waals surface area contributed by atoms with Gasteiger partial charge in [0.05, 0.1) is 0 Å². The third-order valence-corrected chi connectivity index (χ3v) is 5.64. The van der Waals surface area contributed by atoms with Crippen molar-refractivity contribution in [2.75, 3.05) is 6.54 Å². The van der Waals surface area contributed by atoms with Crippen LogP contribution < -0.4 is 0 Å². The van der Waals surface area contributed by atoms with Gasteiger partial charge in [0.15, 0.2) is 6.10 Å². The minimum atomic E-state index is -0.969. The molecule has 7 heteroatoms. The van der Waals surface area contributed by atoms with Crippen LogP contribution in [0.1, 0.15) is 50.8 Å². The Morgan fingerprint density at radius 2 is 1.59 bits per heavy atom. The van der Waals surface area contributed by atoms with E-state index in [0.29, 0.717) is 27.1 Å². The number of halogens is 1. The molecule has 4 rings (SSSR count). The molecule has 162 valence electrons. The quantitative estimate of drug-likeness (QED) is 0.297. The van der Waals surface area contributed by atoms with Crippen LogP contribution in [0.4, 0.5) is 0 Å². The molecule has 0 saturated heterocycles. The normalized spacial score (nSPS) is 13.9. The van der Waals surface area contributed by atoms with Crippen LogP contribution >= 0.6 is 11.6 Å². The summed E-state index contributed by atoms with van der Waals surface area (Å²) in [7, 11) is 0. The average Bonchev–Trinajstić information content (AvgIpc) is 2.79. The van der Waals surface area contributed by atoms with E-state index in [2.05, 4.69) is 0 Å². The monoisotopic (exact) mass is 449 g/mol. The summed E-state index contributed by atoms with van der Waals surface area (Å²) >= 11 is 5.90. The van der Waals surface area contributed by atoms with Gasteiger partial charge in [-0.2, -0.15) is 0 Å². The van der Waals surface area contributed by atoms with Gasteiger partial charge in [-0.3, -0.25) is 24.1 Å². The summed E-state index contributed by atoms with van der Waals surface area (Å²) in [6.07, 6.45) is -0.772. The number of amides is 2. The first kappa shape index (κ1) is 21.7. The number of ether oxygens (including phenoxy) is 1. The van der Waals surface area contributed by atoms with Crippen LogP contribution in [0.5, 0.6) is 0 Å². The van der Waals surface area contributed by atoms with Crippen LogP contribution in [0.2, 0.25) is 5.02 Å². The summed E-state index contributed by atoms with van der Waals surface area (Å²) in [5.41, 5.74) is 1.30. The van der Waals surface area contributed by atoms with E-state index in [1.807, 2.05) is 12.1 Å². The second-order valence-electron chi connectivity index (χ2n) is 7.58. The molecular weight excluding hydrogens is 430 g/mol. The highest BCUT2D eigenvalue weighted by atomic mass is 35.5. The van der Waals surface area contributed by atoms with Crippen LogP contribution in [0, 0.1) is 0 Å². The van der Waals surface area contributed by atoms with E-state index in [-0.39, 0.29) is 37.0 Å². The van der Waals surface area contributed by atoms with Gasteiger partial charge < -0.3 is 4.74 Å². The lowest BCUT2D eigenvalue weighted by Crippen LogP contribution is -2.41. The maximum Gasteiger partial charge on any atom is 0.306 e. The summed E-state index contributed by atoms with van der Waals surface area (Å²) < 4.78 is 5.23. The molecule has 32 heavy (non-hydrogen) atoms. The van der Waals surface area contributed by atoms with E-state index < -0.39 is 12.1 Å². The maximum absolute atomic E-state index is 12.9. The fourth-order valence-electron chi connectivity index (χ4n) is 3.85. The van der Waals surface area contributed by atoms with Gasteiger partial charge in [0.25, 0.3) is 11.8 Å². The molecule has 1 aliphatic heterocycles. The minimum Gasteiger partial charge on any atom is -0.454 e. The van der Waals surface area contributed by atoms with Crippen molar-refractivity contribution in [3.63, 3.8) is 0 Å². The average molecular weight is 450 g/mol. The number of carbonyl (C=O) groups is 4. The third kappa shape index (κ3) is 4.14. The van der Waals surface area contributed by atoms with E-state index in [0.717, 1.165) is 10.3 Å². The maximum atomic E-state index is 12.9. The fourth-order valence-corrected chi connectivity index (χ4v) is 4.04. The van der Waals surface area contributed by atoms with Gasteiger partial charge in [-0.15, -0.1) is 0 Å². The van der Waals surface area contributed by atoms with Crippen molar-refractivity contribution < 1.29 is 23.9 Å². The number of benzene rings is 3. The van der Waals surface area contributed by atoms with E-state index in [1.54, 1.807) is 42.5 Å². The topological polar surface area (TPSA) is 80.8 Å². The molecule has 1 unspecified atom stereocenters. The Morgan fingerprint density at radius 3 is 2.22 bits per heavy atom. The molecule has 2 amide bonds. The third-order valence-electron chi connectivity index (χ3n) is 5.41. The van der Waals surface area contributed by atoms with Crippen molar-refractivity contribution in [2.45, 2.75) is 25.9 Å². The Balaban J connectivity index is 1.36. The van der Waals surface area contributed by atoms with Crippen LogP contribution in [0.25, 0.3) is 10.8 Å². The number of nitrogens with zero attached hydrogens (tertiary/aromatic N) is 1. The standard InChI is InChI=1S/C25H20ClNO5/c1-15(23(29)17-8-2-9-18(26)14-17)32-21(28)12-5-13-27-24(30)19-10-3-6-16-7-4-11-20(22(16)19)25(27)31/h2-4,6-11,14-15H,5,12-13H2,1H3. The number of esters is 1. The first-order chi connectivity index (χ1) is 15.4. The SMILES string of the molecule is CC(OC(=O)CCCN1C(=O)c2cccc3cccc(c23)C1=O)C(=O)c1cccc(Cl)c1. The fraction of sp³-hybridized carbons (Fsp3) is 0.200. The highest BCUT2D eigenvalue weighted by molar-refractivity contribution is 6.31. The van der Waals surface area contributed by atoms with Gasteiger partial charge in [0.1, 0.15) is 0 Å². The molecule has 0 aromatic heterocycles. The highest BCUT2D eigenvalue weighted by Crippen LogP contribution is 2.30. The summed E-state index contributed by atoms with van der Waals surface area (Å²) in [6, 6.07) is 17.1. The lowest BCUT2D eigenvalue weighted by Gasteiger charge is -2.27. The van der Waals surface area contributed by atoms with Crippen LogP contribution in [-0.2, 0) is 9.53 Å². The van der Waals surface area contributed by atoms with Gasteiger partial charge in [0.2, 0.25) is 5.78 Å². The summed E-state index contributed by atoms with van der Waals surface area (Å²) in [4.78, 5) is 51.5. The summed E-state index contributed by atoms with van der Waals surface area (Å²) in [5.74, 6) is -1.69. The largest absolute Gasteiger partial charge is 0.454 e. The number of rotatable bonds is 7. The van der Waals surface area contributed by atoms with Crippen molar-refractivity contribution in [3.05, 3.63) is 82.4 Å². The number of hydrogen-bond acceptors (Lipinski definition) is 5. The Kier molecular flexibility index (Phi) is 6.06. The molecule has 1 atom stereocenters. The summed E-state index contributed by atoms with van der Waals surface area (Å²) in [6.45, 7) is 1.57. The number of Topliss-reactive ketones (excluding diaryl/α,β-unsaturated/α-hetero) is 1. The molecule has 0 saturated carbocycles. The van der Waals surface area contributed by atoms with Gasteiger partial charge in [-0.25, -0.2) is 0 Å². The zero-order valence-electron chi connectivity index (χ0n) is 17.3. The van der Waals surface area contributed by atoms with Crippen molar-refractivity contribution >= 4 is 45.9 Å². The van der Waals surface area contributed by atoms with Crippen molar-refractivity contribution in [1.82, 2.24) is 4.90 Å². The van der Waals surface area contributed by atoms with E-state index in [9.17, 15) is 19.2 Å². The lowest BCUT2D eigenvalue weighted by atomic mass is 9.94. The zero-order chi connectivity index (χ0) is 22.8. The minimum absolute atomic E-state index is 0.0317. The Morgan fingerprint density at radius 1 is 0.969 bits per heavy atom. The molecule has 1 aliphatic rings. The smallest absolute Gasteiger partial charge is 0.306 e. The van der Waals surface area contributed by atoms with Crippen LogP contribution in [-0.4, -0.2) is 41.1 Å². The molecule has 0 aliphatic carbocycles. The predicted octanol–water partition coefficient (Wildman–Crippen LogP) is 4.68. The molecule has 0 spiro atoms. The Bertz CT molecular complexity index is 1200. The van der Waals surface area contributed by atoms with E-state index in [4.69, 9.17) is 16.3 Å². The molecule has 0 N–H and O–H groups in total. The van der Waals surface area contributed by atoms with Crippen molar-refractivity contribution in [3.8, 4) is 0 Å². The Hall–Kier alpha value is -3.51. The number of carbonyl (C=O) groups excluding carboxylic acids is 4. The van der Waals surface area contributed by atoms with Crippen molar-refractivity contribution in [2.24, 2.45) is 0 Å². The predicted molar refractivity (Wildman–Crippen MR) is 120 cm³/mol. The Labute approximate surface area is 189 Å². The first-order valence-electron chi connectivity index (χ1n) is 10.2. The van der Waals surface area contributed by atoms with Gasteiger partial charge in [-0.1, -0.05) is 48.0 Å². The second-order valence-corrected chi connectivity index (χ2v) is 8.02. The van der Waals surface area contributed by atoms with Gasteiger partial charge >= 0.3 is 5.97 Å². The molecular formula is C25H20ClNO5. The van der Waals surface area contributed by atoms with Crippen LogP contribution in [0.15, 0.2) is 60.7 Å². The lowest BCUT2D eigenvalue weighted by molar-refractivity contribution is -0.146. The summed E-state index contributed by atoms with van der Waals surface area (Å²) in [5, 5.41) is 1.92. The van der Waals surface area contributed by atoms with Crippen molar-refractivity contribution in [1.29, 1.82) is 0 Å². The molecule has 0 bridgehead atoms. The molecule has 3 aromatic carbocycles. The number of hydrogen-bond donors (Lipinski definition) is 0.